The summed E-state index contributed by atoms with van der Waals surface area (Å²) in [6.45, 7) is 0. The summed E-state index contributed by atoms with van der Waals surface area (Å²) in [5.74, 6) is -2.13. The van der Waals surface area contributed by atoms with Crippen LogP contribution in [-0.2, 0) is 4.79 Å². The van der Waals surface area contributed by atoms with Crippen molar-refractivity contribution in [2.75, 3.05) is 7.05 Å². The maximum atomic E-state index is 10.6. The number of piperidine rings is 1. The van der Waals surface area contributed by atoms with Crippen LogP contribution in [0.4, 0.5) is 13.2 Å². The van der Waals surface area contributed by atoms with Gasteiger partial charge in [0.25, 0.3) is 0 Å². The zero-order chi connectivity index (χ0) is 22.9. The zero-order valence-electron chi connectivity index (χ0n) is 17.2. The maximum absolute atomic E-state index is 10.6. The van der Waals surface area contributed by atoms with Crippen molar-refractivity contribution in [3.05, 3.63) is 42.7 Å². The Morgan fingerprint density at radius 2 is 1.81 bits per heavy atom. The summed E-state index contributed by atoms with van der Waals surface area (Å²) in [7, 11) is 2.24. The van der Waals surface area contributed by atoms with Gasteiger partial charge < -0.3 is 19.2 Å². The summed E-state index contributed by atoms with van der Waals surface area (Å²) in [4.78, 5) is 11.4. The first-order chi connectivity index (χ1) is 15.2. The SMILES string of the molecule is CN1[C@@H]2CC[C@H]1C[C@@H](Oc1ccc(-c3ccc4occc4c3)nn1)C2.O=C(O)C(F)(F)F. The molecule has 3 atom stereocenters. The number of rotatable bonds is 3. The minimum atomic E-state index is -5.08. The molecule has 0 saturated carbocycles. The summed E-state index contributed by atoms with van der Waals surface area (Å²) >= 11 is 0. The molecule has 2 saturated heterocycles. The molecule has 1 N–H and O–H groups in total. The molecule has 1 aromatic carbocycles. The molecular weight excluding hydrogens is 427 g/mol. The number of carboxylic acid groups (broad SMARTS) is 1. The topological polar surface area (TPSA) is 88.7 Å². The van der Waals surface area contributed by atoms with Crippen LogP contribution in [0, 0.1) is 0 Å². The van der Waals surface area contributed by atoms with Crippen LogP contribution in [0.1, 0.15) is 25.7 Å². The van der Waals surface area contributed by atoms with Crippen molar-refractivity contribution in [1.29, 1.82) is 0 Å². The predicted molar refractivity (Wildman–Crippen MR) is 109 cm³/mol. The van der Waals surface area contributed by atoms with Crippen LogP contribution in [0.25, 0.3) is 22.2 Å². The highest BCUT2D eigenvalue weighted by Crippen LogP contribution is 2.35. The smallest absolute Gasteiger partial charge is 0.475 e. The van der Waals surface area contributed by atoms with Gasteiger partial charge in [0, 0.05) is 29.1 Å². The van der Waals surface area contributed by atoms with Gasteiger partial charge in [-0.15, -0.1) is 10.2 Å². The Labute approximate surface area is 181 Å². The normalized spacial score (nSPS) is 22.9. The number of halogens is 3. The number of aromatic nitrogens is 2. The Balaban J connectivity index is 0.000000307. The van der Waals surface area contributed by atoms with Gasteiger partial charge in [0.2, 0.25) is 5.88 Å². The number of alkyl halides is 3. The Bertz CT molecular complexity index is 1070. The maximum Gasteiger partial charge on any atom is 0.490 e. The van der Waals surface area contributed by atoms with E-state index in [-0.39, 0.29) is 6.10 Å². The molecule has 2 bridgehead atoms. The Kier molecular flexibility index (Phi) is 6.05. The van der Waals surface area contributed by atoms with E-state index >= 15 is 0 Å². The molecule has 2 aliphatic rings. The first-order valence-corrected chi connectivity index (χ1v) is 10.2. The number of hydrogen-bond donors (Lipinski definition) is 1. The molecule has 170 valence electrons. The molecule has 2 fully saturated rings. The molecule has 0 spiro atoms. The average molecular weight is 449 g/mol. The van der Waals surface area contributed by atoms with E-state index in [9.17, 15) is 13.2 Å². The fraction of sp³-hybridized carbons (Fsp3) is 0.409. The molecule has 7 nitrogen and oxygen atoms in total. The van der Waals surface area contributed by atoms with E-state index in [0.717, 1.165) is 35.1 Å². The molecule has 0 amide bonds. The quantitative estimate of drug-likeness (QED) is 0.629. The Morgan fingerprint density at radius 3 is 2.41 bits per heavy atom. The van der Waals surface area contributed by atoms with Crippen molar-refractivity contribution < 1.29 is 32.2 Å². The standard InChI is InChI=1S/C20H21N3O2.C2HF3O2/c1-23-15-3-4-16(23)12-17(11-15)25-20-7-5-18(21-22-20)13-2-6-19-14(10-13)8-9-24-19;3-2(4,5)1(6)7/h2,5-10,15-17H,3-4,11-12H2,1H3;(H,6,7)/t15-,16+,17+;. The van der Waals surface area contributed by atoms with Gasteiger partial charge in [-0.2, -0.15) is 13.2 Å². The molecule has 4 heterocycles. The molecule has 3 aromatic rings. The average Bonchev–Trinajstić information content (AvgIpc) is 3.28. The van der Waals surface area contributed by atoms with E-state index in [1.165, 1.54) is 12.8 Å². The van der Waals surface area contributed by atoms with Gasteiger partial charge in [-0.1, -0.05) is 0 Å². The molecule has 0 unspecified atom stereocenters. The number of hydrogen-bond acceptors (Lipinski definition) is 6. The van der Waals surface area contributed by atoms with E-state index in [0.29, 0.717) is 18.0 Å². The van der Waals surface area contributed by atoms with Crippen LogP contribution in [0.5, 0.6) is 5.88 Å². The van der Waals surface area contributed by atoms with Crippen molar-refractivity contribution in [1.82, 2.24) is 15.1 Å². The van der Waals surface area contributed by atoms with Gasteiger partial charge in [0.1, 0.15) is 11.7 Å². The van der Waals surface area contributed by atoms with Crippen LogP contribution in [-0.4, -0.2) is 57.6 Å². The third-order valence-corrected chi connectivity index (χ3v) is 5.97. The number of furan rings is 1. The van der Waals surface area contributed by atoms with E-state index in [1.54, 1.807) is 6.26 Å². The minimum absolute atomic E-state index is 0.260. The Morgan fingerprint density at radius 1 is 1.12 bits per heavy atom. The number of ether oxygens (including phenoxy) is 1. The second-order valence-corrected chi connectivity index (χ2v) is 7.99. The Hall–Kier alpha value is -3.14. The summed E-state index contributed by atoms with van der Waals surface area (Å²) in [5.41, 5.74) is 2.76. The zero-order valence-corrected chi connectivity index (χ0v) is 17.2. The molecule has 0 aliphatic carbocycles. The first-order valence-electron chi connectivity index (χ1n) is 10.2. The second kappa shape index (κ2) is 8.78. The number of aliphatic carboxylic acids is 1. The lowest BCUT2D eigenvalue weighted by Gasteiger charge is -2.35. The van der Waals surface area contributed by atoms with Gasteiger partial charge in [0.15, 0.2) is 0 Å². The number of nitrogens with zero attached hydrogens (tertiary/aromatic N) is 3. The molecule has 5 rings (SSSR count). The lowest BCUT2D eigenvalue weighted by molar-refractivity contribution is -0.192. The highest BCUT2D eigenvalue weighted by Gasteiger charge is 2.39. The van der Waals surface area contributed by atoms with Gasteiger partial charge in [-0.25, -0.2) is 4.79 Å². The molecular formula is C22H22F3N3O4. The highest BCUT2D eigenvalue weighted by atomic mass is 19.4. The van der Waals surface area contributed by atoms with Crippen molar-refractivity contribution in [3.63, 3.8) is 0 Å². The lowest BCUT2D eigenvalue weighted by atomic mass is 10.0. The number of carboxylic acids is 1. The van der Waals surface area contributed by atoms with E-state index in [2.05, 4.69) is 28.2 Å². The van der Waals surface area contributed by atoms with Crippen LogP contribution < -0.4 is 4.74 Å². The van der Waals surface area contributed by atoms with Crippen LogP contribution in [0.3, 0.4) is 0 Å². The molecule has 32 heavy (non-hydrogen) atoms. The number of fused-ring (bicyclic) bond motifs is 3. The van der Waals surface area contributed by atoms with Crippen molar-refractivity contribution in [3.8, 4) is 17.1 Å². The van der Waals surface area contributed by atoms with Gasteiger partial charge in [-0.3, -0.25) is 0 Å². The third-order valence-electron chi connectivity index (χ3n) is 5.97. The summed E-state index contributed by atoms with van der Waals surface area (Å²) in [5, 5.41) is 16.9. The van der Waals surface area contributed by atoms with E-state index in [1.807, 2.05) is 30.3 Å². The van der Waals surface area contributed by atoms with E-state index in [4.69, 9.17) is 19.1 Å². The van der Waals surface area contributed by atoms with Crippen LogP contribution in [0.15, 0.2) is 47.1 Å². The predicted octanol–water partition coefficient (Wildman–Crippen LogP) is 4.53. The fourth-order valence-electron chi connectivity index (χ4n) is 4.29. The van der Waals surface area contributed by atoms with Crippen molar-refractivity contribution >= 4 is 16.9 Å². The van der Waals surface area contributed by atoms with Crippen LogP contribution in [0.2, 0.25) is 0 Å². The molecule has 2 aromatic heterocycles. The monoisotopic (exact) mass is 449 g/mol. The van der Waals surface area contributed by atoms with Gasteiger partial charge in [-0.05, 0) is 63.1 Å². The second-order valence-electron chi connectivity index (χ2n) is 7.99. The fourth-order valence-corrected chi connectivity index (χ4v) is 4.29. The summed E-state index contributed by atoms with van der Waals surface area (Å²) in [6, 6.07) is 13.2. The van der Waals surface area contributed by atoms with E-state index < -0.39 is 12.1 Å². The third kappa shape index (κ3) is 4.85. The van der Waals surface area contributed by atoms with Crippen LogP contribution >= 0.6 is 0 Å². The number of benzene rings is 1. The first kappa shape index (κ1) is 22.1. The lowest BCUT2D eigenvalue weighted by Crippen LogP contribution is -2.43. The summed E-state index contributed by atoms with van der Waals surface area (Å²) in [6.07, 6.45) is 1.65. The van der Waals surface area contributed by atoms with Gasteiger partial charge in [0.05, 0.1) is 12.0 Å². The summed E-state index contributed by atoms with van der Waals surface area (Å²) < 4.78 is 43.2. The molecule has 10 heteroatoms. The largest absolute Gasteiger partial charge is 0.490 e. The van der Waals surface area contributed by atoms with Crippen molar-refractivity contribution in [2.45, 2.75) is 50.0 Å². The number of carbonyl (C=O) groups is 1. The highest BCUT2D eigenvalue weighted by molar-refractivity contribution is 5.82. The van der Waals surface area contributed by atoms with Gasteiger partial charge >= 0.3 is 12.1 Å². The molecule has 0 radical (unpaired) electrons. The minimum Gasteiger partial charge on any atom is -0.475 e. The molecule has 2 aliphatic heterocycles. The van der Waals surface area contributed by atoms with Crippen molar-refractivity contribution in [2.24, 2.45) is 0 Å².